The van der Waals surface area contributed by atoms with Gasteiger partial charge in [0, 0.05) is 40.6 Å². The van der Waals surface area contributed by atoms with Gasteiger partial charge in [0.1, 0.15) is 0 Å². The lowest BCUT2D eigenvalue weighted by atomic mass is 9.97. The van der Waals surface area contributed by atoms with Crippen LogP contribution in [0, 0.1) is 10.1 Å². The lowest BCUT2D eigenvalue weighted by Gasteiger charge is -2.30. The van der Waals surface area contributed by atoms with Crippen molar-refractivity contribution in [2.45, 2.75) is 18.5 Å². The average Bonchev–Trinajstić information content (AvgIpc) is 2.48. The molecule has 112 valence electrons. The molecule has 0 aliphatic heterocycles. The fourth-order valence-electron chi connectivity index (χ4n) is 2.04. The Hall–Kier alpha value is -1.54. The first-order chi connectivity index (χ1) is 9.58. The second kappa shape index (κ2) is 7.91. The lowest BCUT2D eigenvalue weighted by Crippen LogP contribution is -2.35. The number of non-ortho nitro benzene ring substituents is 1. The predicted molar refractivity (Wildman–Crippen MR) is 71.4 cm³/mol. The highest BCUT2D eigenvalue weighted by molar-refractivity contribution is 5.35. The summed E-state index contributed by atoms with van der Waals surface area (Å²) in [6.07, 6.45) is -1.19. The summed E-state index contributed by atoms with van der Waals surface area (Å²) in [6, 6.07) is 6.12. The van der Waals surface area contributed by atoms with Crippen LogP contribution in [0.25, 0.3) is 0 Å². The Morgan fingerprint density at radius 1 is 0.900 bits per heavy atom. The summed E-state index contributed by atoms with van der Waals surface area (Å²) in [5, 5.41) is 10.7. The van der Waals surface area contributed by atoms with E-state index in [-0.39, 0.29) is 11.6 Å². The Balaban J connectivity index is 3.11. The Bertz CT molecular complexity index is 401. The number of hydrogen-bond donors (Lipinski definition) is 0. The van der Waals surface area contributed by atoms with Crippen molar-refractivity contribution in [1.82, 2.24) is 0 Å². The molecule has 1 aromatic rings. The molecular weight excluding hydrogens is 266 g/mol. The van der Waals surface area contributed by atoms with E-state index in [4.69, 9.17) is 18.9 Å². The molecule has 0 radical (unpaired) electrons. The standard InChI is InChI=1S/C13H19NO6/c1-17-12(18-2)11(13(19-3)20-4)9-5-7-10(8-6-9)14(15)16/h5-8,11-13H,1-4H3. The molecule has 0 aromatic heterocycles. The molecule has 7 nitrogen and oxygen atoms in total. The van der Waals surface area contributed by atoms with Crippen LogP contribution in [0.2, 0.25) is 0 Å². The first kappa shape index (κ1) is 16.5. The van der Waals surface area contributed by atoms with Gasteiger partial charge < -0.3 is 18.9 Å². The van der Waals surface area contributed by atoms with Gasteiger partial charge in [-0.2, -0.15) is 0 Å². The van der Waals surface area contributed by atoms with Crippen molar-refractivity contribution in [3.63, 3.8) is 0 Å². The Labute approximate surface area is 117 Å². The zero-order valence-corrected chi connectivity index (χ0v) is 11.9. The van der Waals surface area contributed by atoms with Crippen LogP contribution in [0.4, 0.5) is 5.69 Å². The van der Waals surface area contributed by atoms with Crippen LogP contribution in [0.3, 0.4) is 0 Å². The molecule has 1 aromatic carbocycles. The quantitative estimate of drug-likeness (QED) is 0.412. The van der Waals surface area contributed by atoms with Crippen LogP contribution in [0.5, 0.6) is 0 Å². The van der Waals surface area contributed by atoms with Crippen LogP contribution in [0.1, 0.15) is 11.5 Å². The Morgan fingerprint density at radius 3 is 1.60 bits per heavy atom. The van der Waals surface area contributed by atoms with Crippen molar-refractivity contribution in [2.24, 2.45) is 0 Å². The van der Waals surface area contributed by atoms with E-state index in [1.54, 1.807) is 12.1 Å². The fourth-order valence-corrected chi connectivity index (χ4v) is 2.04. The van der Waals surface area contributed by atoms with Crippen molar-refractivity contribution in [3.8, 4) is 0 Å². The summed E-state index contributed by atoms with van der Waals surface area (Å²) >= 11 is 0. The third-order valence-corrected chi connectivity index (χ3v) is 3.00. The van der Waals surface area contributed by atoms with Gasteiger partial charge in [0.2, 0.25) is 0 Å². The van der Waals surface area contributed by atoms with E-state index < -0.39 is 17.5 Å². The number of hydrogen-bond acceptors (Lipinski definition) is 6. The monoisotopic (exact) mass is 285 g/mol. The van der Waals surface area contributed by atoms with Crippen LogP contribution >= 0.6 is 0 Å². The molecule has 0 spiro atoms. The molecule has 0 aliphatic rings. The molecule has 0 bridgehead atoms. The summed E-state index contributed by atoms with van der Waals surface area (Å²) in [7, 11) is 6.04. The maximum atomic E-state index is 10.7. The minimum atomic E-state index is -0.596. The molecule has 0 atom stereocenters. The Morgan fingerprint density at radius 2 is 1.30 bits per heavy atom. The van der Waals surface area contributed by atoms with Crippen LogP contribution < -0.4 is 0 Å². The van der Waals surface area contributed by atoms with Gasteiger partial charge in [-0.05, 0) is 5.56 Å². The molecule has 0 aliphatic carbocycles. The van der Waals surface area contributed by atoms with E-state index in [0.29, 0.717) is 0 Å². The fraction of sp³-hybridized carbons (Fsp3) is 0.538. The summed E-state index contributed by atoms with van der Waals surface area (Å²) in [5.41, 5.74) is 0.781. The van der Waals surface area contributed by atoms with Crippen molar-refractivity contribution in [1.29, 1.82) is 0 Å². The number of nitro groups is 1. The Kier molecular flexibility index (Phi) is 6.53. The molecule has 0 amide bonds. The molecule has 0 saturated carbocycles. The van der Waals surface area contributed by atoms with E-state index in [9.17, 15) is 10.1 Å². The van der Waals surface area contributed by atoms with Gasteiger partial charge in [-0.1, -0.05) is 12.1 Å². The third kappa shape index (κ3) is 3.73. The summed E-state index contributed by atoms with van der Waals surface area (Å²) in [5.74, 6) is -0.374. The lowest BCUT2D eigenvalue weighted by molar-refractivity contribution is -0.384. The molecule has 0 fully saturated rings. The van der Waals surface area contributed by atoms with Gasteiger partial charge in [-0.3, -0.25) is 10.1 Å². The maximum Gasteiger partial charge on any atom is 0.269 e. The van der Waals surface area contributed by atoms with Crippen molar-refractivity contribution in [2.75, 3.05) is 28.4 Å². The highest BCUT2D eigenvalue weighted by Crippen LogP contribution is 2.29. The zero-order chi connectivity index (χ0) is 15.1. The minimum Gasteiger partial charge on any atom is -0.355 e. The molecule has 7 heteroatoms. The van der Waals surface area contributed by atoms with Crippen LogP contribution in [-0.4, -0.2) is 45.9 Å². The van der Waals surface area contributed by atoms with E-state index in [1.807, 2.05) is 0 Å². The molecule has 0 N–H and O–H groups in total. The first-order valence-corrected chi connectivity index (χ1v) is 5.94. The molecule has 0 heterocycles. The smallest absolute Gasteiger partial charge is 0.269 e. The topological polar surface area (TPSA) is 80.1 Å². The number of ether oxygens (including phenoxy) is 4. The number of benzene rings is 1. The first-order valence-electron chi connectivity index (χ1n) is 5.94. The molecular formula is C13H19NO6. The molecule has 0 unspecified atom stereocenters. The second-order valence-electron chi connectivity index (χ2n) is 4.05. The largest absolute Gasteiger partial charge is 0.355 e. The summed E-state index contributed by atoms with van der Waals surface area (Å²) in [6.45, 7) is 0. The van der Waals surface area contributed by atoms with Crippen molar-refractivity contribution >= 4 is 5.69 Å². The molecule has 0 saturated heterocycles. The summed E-state index contributed by atoms with van der Waals surface area (Å²) in [4.78, 5) is 10.2. The normalized spacial score (nSPS) is 11.6. The van der Waals surface area contributed by atoms with Gasteiger partial charge in [0.15, 0.2) is 12.6 Å². The highest BCUT2D eigenvalue weighted by atomic mass is 16.7. The molecule has 20 heavy (non-hydrogen) atoms. The van der Waals surface area contributed by atoms with Gasteiger partial charge >= 0.3 is 0 Å². The number of rotatable bonds is 8. The van der Waals surface area contributed by atoms with Crippen molar-refractivity contribution in [3.05, 3.63) is 39.9 Å². The van der Waals surface area contributed by atoms with Gasteiger partial charge in [0.25, 0.3) is 5.69 Å². The van der Waals surface area contributed by atoms with E-state index in [1.165, 1.54) is 40.6 Å². The minimum absolute atomic E-state index is 0.0188. The van der Waals surface area contributed by atoms with Gasteiger partial charge in [-0.25, -0.2) is 0 Å². The van der Waals surface area contributed by atoms with E-state index >= 15 is 0 Å². The van der Waals surface area contributed by atoms with Crippen LogP contribution in [0.15, 0.2) is 24.3 Å². The average molecular weight is 285 g/mol. The molecule has 1 rings (SSSR count). The number of nitrogens with zero attached hydrogens (tertiary/aromatic N) is 1. The second-order valence-corrected chi connectivity index (χ2v) is 4.05. The van der Waals surface area contributed by atoms with Crippen LogP contribution in [-0.2, 0) is 18.9 Å². The maximum absolute atomic E-state index is 10.7. The van der Waals surface area contributed by atoms with Gasteiger partial charge in [0.05, 0.1) is 10.8 Å². The van der Waals surface area contributed by atoms with E-state index in [0.717, 1.165) is 5.56 Å². The SMILES string of the molecule is COC(OC)C(c1ccc([N+](=O)[O-])cc1)C(OC)OC. The van der Waals surface area contributed by atoms with Crippen molar-refractivity contribution < 1.29 is 23.9 Å². The highest BCUT2D eigenvalue weighted by Gasteiger charge is 2.32. The third-order valence-electron chi connectivity index (χ3n) is 3.00. The zero-order valence-electron chi connectivity index (χ0n) is 11.9. The number of nitro benzene ring substituents is 1. The number of methoxy groups -OCH3 is 4. The van der Waals surface area contributed by atoms with E-state index in [2.05, 4.69) is 0 Å². The van der Waals surface area contributed by atoms with Gasteiger partial charge in [-0.15, -0.1) is 0 Å². The predicted octanol–water partition coefficient (Wildman–Crippen LogP) is 1.92. The summed E-state index contributed by atoms with van der Waals surface area (Å²) < 4.78 is 21.0.